The van der Waals surface area contributed by atoms with Crippen LogP contribution in [0.15, 0.2) is 35.1 Å². The van der Waals surface area contributed by atoms with E-state index in [0.717, 1.165) is 76.6 Å². The Balaban J connectivity index is 1.37. The zero-order valence-corrected chi connectivity index (χ0v) is 19.7. The Labute approximate surface area is 199 Å². The molecule has 6 rings (SSSR count). The van der Waals surface area contributed by atoms with E-state index in [0.29, 0.717) is 24.9 Å². The highest BCUT2D eigenvalue weighted by Gasteiger charge is 2.27. The molecule has 3 aliphatic rings. The Hall–Kier alpha value is -2.75. The largest absolute Gasteiger partial charge is 0.378 e. The van der Waals surface area contributed by atoms with Gasteiger partial charge in [-0.1, -0.05) is 30.3 Å². The van der Waals surface area contributed by atoms with Crippen LogP contribution in [0.4, 0.5) is 5.95 Å². The average molecular weight is 464 g/mol. The van der Waals surface area contributed by atoms with Crippen molar-refractivity contribution in [3.05, 3.63) is 57.5 Å². The summed E-state index contributed by atoms with van der Waals surface area (Å²) in [6, 6.07) is 10.6. The van der Waals surface area contributed by atoms with Crippen LogP contribution < -0.4 is 10.5 Å². The van der Waals surface area contributed by atoms with Crippen molar-refractivity contribution in [3.63, 3.8) is 0 Å². The number of hydrogen-bond acceptors (Lipinski definition) is 7. The highest BCUT2D eigenvalue weighted by molar-refractivity contribution is 5.43. The van der Waals surface area contributed by atoms with Gasteiger partial charge in [0.1, 0.15) is 0 Å². The predicted molar refractivity (Wildman–Crippen MR) is 130 cm³/mol. The Morgan fingerprint density at radius 2 is 1.71 bits per heavy atom. The second-order valence-electron chi connectivity index (χ2n) is 9.60. The first kappa shape index (κ1) is 21.8. The predicted octanol–water partition coefficient (Wildman–Crippen LogP) is 1.38. The maximum absolute atomic E-state index is 13.5. The van der Waals surface area contributed by atoms with E-state index in [1.54, 1.807) is 4.52 Å². The van der Waals surface area contributed by atoms with Crippen molar-refractivity contribution in [2.75, 3.05) is 57.4 Å². The minimum absolute atomic E-state index is 0.00575. The topological polar surface area (TPSA) is 71.1 Å². The van der Waals surface area contributed by atoms with Crippen molar-refractivity contribution in [2.24, 2.45) is 0 Å². The molecule has 2 saturated heterocycles. The van der Waals surface area contributed by atoms with Crippen LogP contribution in [0.1, 0.15) is 29.7 Å². The van der Waals surface area contributed by atoms with E-state index >= 15 is 0 Å². The summed E-state index contributed by atoms with van der Waals surface area (Å²) >= 11 is 0. The first-order valence-electron chi connectivity index (χ1n) is 12.6. The number of ether oxygens (including phenoxy) is 1. The number of benzene rings is 1. The van der Waals surface area contributed by atoms with Crippen LogP contribution in [0.3, 0.4) is 0 Å². The molecule has 0 saturated carbocycles. The van der Waals surface area contributed by atoms with Crippen LogP contribution in [0.5, 0.6) is 0 Å². The van der Waals surface area contributed by atoms with Gasteiger partial charge in [-0.15, -0.1) is 5.10 Å². The maximum Gasteiger partial charge on any atom is 0.279 e. The lowest BCUT2D eigenvalue weighted by atomic mass is 10.0. The molecule has 0 aliphatic carbocycles. The maximum atomic E-state index is 13.5. The van der Waals surface area contributed by atoms with Gasteiger partial charge < -0.3 is 19.1 Å². The number of hydrogen-bond donors (Lipinski definition) is 0. The van der Waals surface area contributed by atoms with Crippen LogP contribution >= 0.6 is 0 Å². The van der Waals surface area contributed by atoms with Gasteiger partial charge in [0.25, 0.3) is 5.56 Å². The number of anilines is 1. The van der Waals surface area contributed by atoms with Gasteiger partial charge in [-0.25, -0.2) is 0 Å². The molecule has 0 N–H and O–H groups in total. The number of nitrogens with zero attached hydrogens (tertiary/aromatic N) is 7. The number of rotatable bonds is 6. The van der Waals surface area contributed by atoms with Crippen molar-refractivity contribution >= 4 is 11.7 Å². The Kier molecular flexibility index (Phi) is 6.07. The molecule has 0 spiro atoms. The molecule has 3 aliphatic heterocycles. The first-order chi connectivity index (χ1) is 16.8. The SMILES string of the molecule is O=c1c2c(n(CCN3CCCC3)c3nc(N4CCOCC4)nn13)CN(Cc1ccccc1)CC2. The molecular weight excluding hydrogens is 430 g/mol. The number of fused-ring (bicyclic) bond motifs is 2. The molecule has 180 valence electrons. The second kappa shape index (κ2) is 9.48. The summed E-state index contributed by atoms with van der Waals surface area (Å²) in [7, 11) is 0. The lowest BCUT2D eigenvalue weighted by Crippen LogP contribution is -2.39. The second-order valence-corrected chi connectivity index (χ2v) is 9.60. The van der Waals surface area contributed by atoms with E-state index in [1.165, 1.54) is 18.4 Å². The molecule has 3 aromatic rings. The summed E-state index contributed by atoms with van der Waals surface area (Å²) < 4.78 is 9.34. The summed E-state index contributed by atoms with van der Waals surface area (Å²) in [5, 5.41) is 4.69. The fourth-order valence-electron chi connectivity index (χ4n) is 5.49. The summed E-state index contributed by atoms with van der Waals surface area (Å²) in [5.41, 5.74) is 3.31. The minimum Gasteiger partial charge on any atom is -0.378 e. The van der Waals surface area contributed by atoms with Gasteiger partial charge >= 0.3 is 0 Å². The smallest absolute Gasteiger partial charge is 0.279 e. The van der Waals surface area contributed by atoms with Crippen LogP contribution in [0.25, 0.3) is 5.78 Å². The first-order valence-corrected chi connectivity index (χ1v) is 12.6. The van der Waals surface area contributed by atoms with Crippen LogP contribution in [0.2, 0.25) is 0 Å². The van der Waals surface area contributed by atoms with E-state index in [2.05, 4.69) is 54.7 Å². The standard InChI is InChI=1S/C25H33N7O2/c33-23-21-8-11-29(18-20-6-2-1-3-7-20)19-22(21)31(13-12-28-9-4-5-10-28)25-26-24(27-32(23)25)30-14-16-34-17-15-30/h1-3,6-7H,4-5,8-19H2. The van der Waals surface area contributed by atoms with Crippen molar-refractivity contribution < 1.29 is 4.74 Å². The lowest BCUT2D eigenvalue weighted by Gasteiger charge is -2.31. The molecule has 9 nitrogen and oxygen atoms in total. The summed E-state index contributed by atoms with van der Waals surface area (Å²) in [6.45, 7) is 9.48. The van der Waals surface area contributed by atoms with E-state index in [4.69, 9.17) is 9.72 Å². The lowest BCUT2D eigenvalue weighted by molar-refractivity contribution is 0.122. The average Bonchev–Trinajstić information content (AvgIpc) is 3.56. The molecule has 5 heterocycles. The normalized spacial score (nSPS) is 19.7. The van der Waals surface area contributed by atoms with E-state index in [-0.39, 0.29) is 5.56 Å². The monoisotopic (exact) mass is 463 g/mol. The molecule has 0 atom stereocenters. The summed E-state index contributed by atoms with van der Waals surface area (Å²) in [4.78, 5) is 25.5. The van der Waals surface area contributed by atoms with E-state index in [1.807, 2.05) is 0 Å². The third-order valence-electron chi connectivity index (χ3n) is 7.38. The highest BCUT2D eigenvalue weighted by atomic mass is 16.5. The van der Waals surface area contributed by atoms with Gasteiger partial charge in [0, 0.05) is 57.1 Å². The summed E-state index contributed by atoms with van der Waals surface area (Å²) in [5.74, 6) is 1.31. The number of likely N-dealkylation sites (tertiary alicyclic amines) is 1. The molecular formula is C25H33N7O2. The quantitative estimate of drug-likeness (QED) is 0.547. The Morgan fingerprint density at radius 1 is 0.912 bits per heavy atom. The van der Waals surface area contributed by atoms with Crippen LogP contribution in [-0.2, 0) is 30.8 Å². The molecule has 0 bridgehead atoms. The number of aromatic nitrogens is 4. The third-order valence-corrected chi connectivity index (χ3v) is 7.38. The fourth-order valence-corrected chi connectivity index (χ4v) is 5.49. The molecule has 9 heteroatoms. The van der Waals surface area contributed by atoms with Crippen molar-refractivity contribution in [3.8, 4) is 0 Å². The fraction of sp³-hybridized carbons (Fsp3) is 0.560. The highest BCUT2D eigenvalue weighted by Crippen LogP contribution is 2.22. The van der Waals surface area contributed by atoms with Crippen molar-refractivity contribution in [1.82, 2.24) is 29.0 Å². The molecule has 0 radical (unpaired) electrons. The van der Waals surface area contributed by atoms with Crippen molar-refractivity contribution in [2.45, 2.75) is 38.9 Å². The van der Waals surface area contributed by atoms with Gasteiger partial charge in [0.15, 0.2) is 0 Å². The third kappa shape index (κ3) is 4.23. The molecule has 2 aromatic heterocycles. The van der Waals surface area contributed by atoms with Crippen LogP contribution in [-0.4, -0.2) is 81.4 Å². The molecule has 0 unspecified atom stereocenters. The minimum atomic E-state index is -0.00575. The van der Waals surface area contributed by atoms with E-state index in [9.17, 15) is 4.79 Å². The number of morpholine rings is 1. The van der Waals surface area contributed by atoms with Gasteiger partial charge in [-0.05, 0) is 37.9 Å². The Bertz CT molecular complexity index is 1190. The Morgan fingerprint density at radius 3 is 2.50 bits per heavy atom. The van der Waals surface area contributed by atoms with Gasteiger partial charge in [-0.3, -0.25) is 9.69 Å². The van der Waals surface area contributed by atoms with Gasteiger partial charge in [0.05, 0.1) is 13.2 Å². The molecule has 34 heavy (non-hydrogen) atoms. The van der Waals surface area contributed by atoms with Crippen molar-refractivity contribution in [1.29, 1.82) is 0 Å². The molecule has 2 fully saturated rings. The molecule has 1 aromatic carbocycles. The van der Waals surface area contributed by atoms with Crippen LogP contribution in [0, 0.1) is 0 Å². The summed E-state index contributed by atoms with van der Waals surface area (Å²) in [6.07, 6.45) is 3.29. The van der Waals surface area contributed by atoms with Gasteiger partial charge in [0.2, 0.25) is 11.7 Å². The molecule has 0 amide bonds. The van der Waals surface area contributed by atoms with E-state index < -0.39 is 0 Å². The zero-order chi connectivity index (χ0) is 22.9. The zero-order valence-electron chi connectivity index (χ0n) is 19.7. The van der Waals surface area contributed by atoms with Gasteiger partial charge in [-0.2, -0.15) is 9.50 Å².